The topological polar surface area (TPSA) is 79.8 Å². The number of ether oxygens (including phenoxy) is 1. The van der Waals surface area contributed by atoms with Crippen molar-refractivity contribution in [1.29, 1.82) is 0 Å². The number of nitrogens with one attached hydrogen (secondary N) is 2. The molecule has 1 unspecified atom stereocenters. The number of nitrogens with zero attached hydrogens (tertiary/aromatic N) is 1. The number of hydrogen-bond acceptors (Lipinski definition) is 4. The van der Waals surface area contributed by atoms with Crippen molar-refractivity contribution in [2.45, 2.75) is 39.0 Å². The molecule has 0 amide bonds. The lowest BCUT2D eigenvalue weighted by Crippen LogP contribution is -2.45. The van der Waals surface area contributed by atoms with Crippen molar-refractivity contribution in [2.75, 3.05) is 33.0 Å². The third-order valence-corrected chi connectivity index (χ3v) is 5.77. The van der Waals surface area contributed by atoms with Gasteiger partial charge in [0.1, 0.15) is 0 Å². The monoisotopic (exact) mass is 383 g/mol. The lowest BCUT2D eigenvalue weighted by molar-refractivity contribution is 0.0205. The van der Waals surface area contributed by atoms with Crippen LogP contribution >= 0.6 is 0 Å². The van der Waals surface area contributed by atoms with Crippen molar-refractivity contribution in [1.82, 2.24) is 10.6 Å². The molecule has 0 spiro atoms. The predicted molar refractivity (Wildman–Crippen MR) is 108 cm³/mol. The molecule has 1 atom stereocenters. The third-order valence-electron chi connectivity index (χ3n) is 4.08. The Morgan fingerprint density at radius 3 is 2.38 bits per heavy atom. The zero-order valence-corrected chi connectivity index (χ0v) is 17.4. The minimum atomic E-state index is -3.11. The molecule has 0 aliphatic heterocycles. The van der Waals surface area contributed by atoms with Crippen LogP contribution in [0, 0.1) is 5.41 Å². The summed E-state index contributed by atoms with van der Waals surface area (Å²) in [4.78, 5) is 4.17. The molecule has 1 aromatic carbocycles. The molecule has 6 nitrogen and oxygen atoms in total. The lowest BCUT2D eigenvalue weighted by atomic mass is 9.89. The Balaban J connectivity index is 2.36. The SMILES string of the molecule is CN=C(NCCCS(=O)(=O)Cc1ccccc1)NCC(OC)C(C)(C)C. The van der Waals surface area contributed by atoms with E-state index in [1.807, 2.05) is 30.3 Å². The Kier molecular flexibility index (Phi) is 9.08. The zero-order valence-electron chi connectivity index (χ0n) is 16.6. The number of benzene rings is 1. The van der Waals surface area contributed by atoms with Gasteiger partial charge >= 0.3 is 0 Å². The average molecular weight is 384 g/mol. The van der Waals surface area contributed by atoms with E-state index in [0.717, 1.165) is 5.56 Å². The van der Waals surface area contributed by atoms with Gasteiger partial charge in [0, 0.05) is 27.2 Å². The van der Waals surface area contributed by atoms with E-state index in [1.54, 1.807) is 14.2 Å². The highest BCUT2D eigenvalue weighted by molar-refractivity contribution is 7.90. The molecule has 7 heteroatoms. The van der Waals surface area contributed by atoms with E-state index in [4.69, 9.17) is 4.74 Å². The lowest BCUT2D eigenvalue weighted by Gasteiger charge is -2.30. The number of rotatable bonds is 9. The van der Waals surface area contributed by atoms with Gasteiger partial charge in [-0.05, 0) is 17.4 Å². The highest BCUT2D eigenvalue weighted by Crippen LogP contribution is 2.20. The van der Waals surface area contributed by atoms with Crippen LogP contribution in [0.5, 0.6) is 0 Å². The first kappa shape index (κ1) is 22.4. The van der Waals surface area contributed by atoms with Crippen molar-refractivity contribution < 1.29 is 13.2 Å². The van der Waals surface area contributed by atoms with E-state index in [0.29, 0.717) is 25.5 Å². The molecule has 0 aromatic heterocycles. The van der Waals surface area contributed by atoms with E-state index in [-0.39, 0.29) is 23.0 Å². The largest absolute Gasteiger partial charge is 0.379 e. The quantitative estimate of drug-likeness (QED) is 0.388. The molecule has 0 bridgehead atoms. The van der Waals surface area contributed by atoms with E-state index < -0.39 is 9.84 Å². The predicted octanol–water partition coefficient (Wildman–Crippen LogP) is 2.22. The van der Waals surface area contributed by atoms with Gasteiger partial charge in [-0.2, -0.15) is 0 Å². The smallest absolute Gasteiger partial charge is 0.191 e. The summed E-state index contributed by atoms with van der Waals surface area (Å²) in [6.07, 6.45) is 0.579. The highest BCUT2D eigenvalue weighted by atomic mass is 32.2. The summed E-state index contributed by atoms with van der Waals surface area (Å²) < 4.78 is 29.9. The fraction of sp³-hybridized carbons (Fsp3) is 0.632. The van der Waals surface area contributed by atoms with E-state index in [9.17, 15) is 8.42 Å². The van der Waals surface area contributed by atoms with Crippen LogP contribution < -0.4 is 10.6 Å². The first-order valence-electron chi connectivity index (χ1n) is 8.89. The minimum absolute atomic E-state index is 0.0200. The molecule has 1 aromatic rings. The molecule has 0 aliphatic carbocycles. The van der Waals surface area contributed by atoms with Crippen LogP contribution in [0.15, 0.2) is 35.3 Å². The van der Waals surface area contributed by atoms with Crippen molar-refractivity contribution >= 4 is 15.8 Å². The van der Waals surface area contributed by atoms with Crippen LogP contribution in [0.25, 0.3) is 0 Å². The van der Waals surface area contributed by atoms with E-state index >= 15 is 0 Å². The van der Waals surface area contributed by atoms with Crippen LogP contribution in [-0.2, 0) is 20.3 Å². The Labute approximate surface area is 158 Å². The fourth-order valence-corrected chi connectivity index (χ4v) is 3.98. The molecule has 148 valence electrons. The number of aliphatic imine (C=N–C) groups is 1. The van der Waals surface area contributed by atoms with Crippen LogP contribution in [0.1, 0.15) is 32.8 Å². The molecule has 1 rings (SSSR count). The molecular formula is C19H33N3O3S. The van der Waals surface area contributed by atoms with Gasteiger partial charge in [-0.15, -0.1) is 0 Å². The van der Waals surface area contributed by atoms with Crippen molar-refractivity contribution in [2.24, 2.45) is 10.4 Å². The first-order chi connectivity index (χ1) is 12.2. The average Bonchev–Trinajstić information content (AvgIpc) is 2.56. The van der Waals surface area contributed by atoms with Gasteiger partial charge in [0.25, 0.3) is 0 Å². The van der Waals surface area contributed by atoms with Gasteiger partial charge in [-0.3, -0.25) is 4.99 Å². The molecule has 0 fully saturated rings. The minimum Gasteiger partial charge on any atom is -0.379 e. The summed E-state index contributed by atoms with van der Waals surface area (Å²) in [5, 5.41) is 6.38. The first-order valence-corrected chi connectivity index (χ1v) is 10.7. The standard InChI is InChI=1S/C19H33N3O3S/c1-19(2,3)17(25-5)14-22-18(20-4)21-12-9-13-26(23,24)15-16-10-7-6-8-11-16/h6-8,10-11,17H,9,12-15H2,1-5H3,(H2,20,21,22). The Hall–Kier alpha value is -1.60. The van der Waals surface area contributed by atoms with Crippen molar-refractivity contribution in [3.8, 4) is 0 Å². The molecule has 0 heterocycles. The maximum atomic E-state index is 12.2. The van der Waals surface area contributed by atoms with Crippen LogP contribution in [-0.4, -0.2) is 53.5 Å². The summed E-state index contributed by atoms with van der Waals surface area (Å²) in [6, 6.07) is 9.26. The van der Waals surface area contributed by atoms with Crippen molar-refractivity contribution in [3.05, 3.63) is 35.9 Å². The normalized spacial score (nSPS) is 14.1. The van der Waals surface area contributed by atoms with Gasteiger partial charge in [-0.1, -0.05) is 51.1 Å². The maximum absolute atomic E-state index is 12.2. The summed E-state index contributed by atoms with van der Waals surface area (Å²) in [7, 11) is 0.286. The number of hydrogen-bond donors (Lipinski definition) is 2. The van der Waals surface area contributed by atoms with E-state index in [1.165, 1.54) is 0 Å². The molecule has 0 saturated heterocycles. The number of guanidine groups is 1. The fourth-order valence-electron chi connectivity index (χ4n) is 2.55. The molecule has 0 aliphatic rings. The van der Waals surface area contributed by atoms with Gasteiger partial charge in [-0.25, -0.2) is 8.42 Å². The van der Waals surface area contributed by atoms with Crippen LogP contribution in [0.2, 0.25) is 0 Å². The molecule has 2 N–H and O–H groups in total. The Morgan fingerprint density at radius 1 is 1.19 bits per heavy atom. The van der Waals surface area contributed by atoms with Crippen molar-refractivity contribution in [3.63, 3.8) is 0 Å². The Morgan fingerprint density at radius 2 is 1.85 bits per heavy atom. The van der Waals surface area contributed by atoms with Gasteiger partial charge < -0.3 is 15.4 Å². The summed E-state index contributed by atoms with van der Waals surface area (Å²) >= 11 is 0. The van der Waals surface area contributed by atoms with Crippen LogP contribution in [0.4, 0.5) is 0 Å². The van der Waals surface area contributed by atoms with Gasteiger partial charge in [0.15, 0.2) is 15.8 Å². The second kappa shape index (κ2) is 10.5. The zero-order chi connectivity index (χ0) is 19.6. The van der Waals surface area contributed by atoms with E-state index in [2.05, 4.69) is 36.4 Å². The molecule has 26 heavy (non-hydrogen) atoms. The van der Waals surface area contributed by atoms with Gasteiger partial charge in [0.05, 0.1) is 17.6 Å². The second-order valence-electron chi connectivity index (χ2n) is 7.40. The molecular weight excluding hydrogens is 350 g/mol. The maximum Gasteiger partial charge on any atom is 0.191 e. The number of methoxy groups -OCH3 is 1. The third kappa shape index (κ3) is 8.67. The summed E-state index contributed by atoms with van der Waals surface area (Å²) in [6.45, 7) is 7.54. The molecule has 0 saturated carbocycles. The van der Waals surface area contributed by atoms with Crippen LogP contribution in [0.3, 0.4) is 0 Å². The summed E-state index contributed by atoms with van der Waals surface area (Å²) in [5.74, 6) is 0.882. The Bertz CT molecular complexity index is 652. The summed E-state index contributed by atoms with van der Waals surface area (Å²) in [5.41, 5.74) is 0.845. The number of sulfone groups is 1. The van der Waals surface area contributed by atoms with Gasteiger partial charge in [0.2, 0.25) is 0 Å². The second-order valence-corrected chi connectivity index (χ2v) is 9.59. The highest BCUT2D eigenvalue weighted by Gasteiger charge is 2.24. The molecule has 0 radical (unpaired) electrons.